The summed E-state index contributed by atoms with van der Waals surface area (Å²) in [5.41, 5.74) is 0.580. The molecule has 2 aromatic carbocycles. The van der Waals surface area contributed by atoms with Gasteiger partial charge in [-0.25, -0.2) is 4.79 Å². The quantitative estimate of drug-likeness (QED) is 0.216. The van der Waals surface area contributed by atoms with Crippen LogP contribution in [0.15, 0.2) is 48.5 Å². The Bertz CT molecular complexity index is 954. The minimum Gasteiger partial charge on any atom is -0.652 e. The third kappa shape index (κ3) is 12.9. The van der Waals surface area contributed by atoms with Crippen LogP contribution in [0.2, 0.25) is 0 Å². The first-order valence-corrected chi connectivity index (χ1v) is 10.1. The van der Waals surface area contributed by atoms with Crippen LogP contribution in [0.5, 0.6) is 11.5 Å². The second-order valence-electron chi connectivity index (χ2n) is 8.05. The van der Waals surface area contributed by atoms with Crippen molar-refractivity contribution in [3.05, 3.63) is 58.6 Å². The van der Waals surface area contributed by atoms with E-state index in [4.69, 9.17) is 24.5 Å². The van der Waals surface area contributed by atoms with Gasteiger partial charge in [-0.3, -0.25) is 10.1 Å². The summed E-state index contributed by atoms with van der Waals surface area (Å²) in [4.78, 5) is 34.7. The molecule has 1 heterocycles. The largest absolute Gasteiger partial charge is 1.00 e. The number of piperazine rings is 1. The fraction of sp³-hybridized carbons (Fsp3) is 0.364. The van der Waals surface area contributed by atoms with E-state index in [1.807, 2.05) is 45.0 Å². The summed E-state index contributed by atoms with van der Waals surface area (Å²) in [6, 6.07) is 13.6. The SMILES string of the molecule is CC(C)(C)OC(=O)N1CCN(c2ccc(Oc3ccc([N+](=O)[O-])cc3)cc2)CC1.O=C([O-])[O-].[K+].[K+]. The molecule has 1 amide bonds. The summed E-state index contributed by atoms with van der Waals surface area (Å²) >= 11 is 0. The zero-order valence-electron chi connectivity index (χ0n) is 20.6. The molecule has 178 valence electrons. The average Bonchev–Trinajstić information content (AvgIpc) is 2.73. The zero-order valence-corrected chi connectivity index (χ0v) is 26.8. The Morgan fingerprint density at radius 3 is 1.69 bits per heavy atom. The fourth-order valence-corrected chi connectivity index (χ4v) is 2.97. The number of nitrogens with zero attached hydrogens (tertiary/aromatic N) is 3. The first-order chi connectivity index (χ1) is 15.4. The Balaban J connectivity index is 0.00000179. The molecule has 1 fully saturated rings. The first-order valence-electron chi connectivity index (χ1n) is 10.1. The van der Waals surface area contributed by atoms with Crippen molar-refractivity contribution in [2.24, 2.45) is 0 Å². The van der Waals surface area contributed by atoms with Crippen molar-refractivity contribution in [2.75, 3.05) is 31.1 Å². The third-order valence-corrected chi connectivity index (χ3v) is 4.42. The number of rotatable bonds is 4. The minimum absolute atomic E-state index is 0. The Kier molecular flexibility index (Phi) is 15.8. The summed E-state index contributed by atoms with van der Waals surface area (Å²) in [5, 5.41) is 27.4. The number of amides is 1. The van der Waals surface area contributed by atoms with Crippen LogP contribution in [0, 0.1) is 10.1 Å². The molecule has 1 saturated heterocycles. The van der Waals surface area contributed by atoms with Crippen LogP contribution in [0.4, 0.5) is 21.0 Å². The van der Waals surface area contributed by atoms with E-state index >= 15 is 0 Å². The molecule has 3 rings (SSSR count). The molecule has 0 unspecified atom stereocenters. The predicted molar refractivity (Wildman–Crippen MR) is 115 cm³/mol. The normalized spacial score (nSPS) is 12.7. The predicted octanol–water partition coefficient (Wildman–Crippen LogP) is -3.99. The summed E-state index contributed by atoms with van der Waals surface area (Å²) in [5.74, 6) is 1.18. The Morgan fingerprint density at radius 2 is 1.29 bits per heavy atom. The molecule has 35 heavy (non-hydrogen) atoms. The molecule has 0 radical (unpaired) electrons. The number of ether oxygens (including phenoxy) is 2. The zero-order chi connectivity index (χ0) is 24.6. The van der Waals surface area contributed by atoms with Crippen LogP contribution in [-0.4, -0.2) is 53.9 Å². The number of carbonyl (C=O) groups is 2. The van der Waals surface area contributed by atoms with E-state index in [1.165, 1.54) is 12.1 Å². The molecule has 0 saturated carbocycles. The molecule has 1 aliphatic rings. The molecule has 0 N–H and O–H groups in total. The second-order valence-corrected chi connectivity index (χ2v) is 8.05. The second kappa shape index (κ2) is 16.2. The van der Waals surface area contributed by atoms with E-state index in [1.54, 1.807) is 17.0 Å². The van der Waals surface area contributed by atoms with E-state index in [0.29, 0.717) is 24.6 Å². The van der Waals surface area contributed by atoms with Crippen LogP contribution >= 0.6 is 0 Å². The number of hydrogen-bond acceptors (Lipinski definition) is 9. The van der Waals surface area contributed by atoms with Crippen molar-refractivity contribution in [1.29, 1.82) is 0 Å². The summed E-state index contributed by atoms with van der Waals surface area (Å²) < 4.78 is 11.2. The number of anilines is 1. The van der Waals surface area contributed by atoms with Gasteiger partial charge >= 0.3 is 109 Å². The number of nitro groups is 1. The minimum atomic E-state index is -2.33. The molecule has 0 bridgehead atoms. The molecule has 1 aliphatic heterocycles. The van der Waals surface area contributed by atoms with Crippen molar-refractivity contribution in [3.63, 3.8) is 0 Å². The molecule has 13 heteroatoms. The van der Waals surface area contributed by atoms with Crippen LogP contribution < -0.4 is 123 Å². The maximum Gasteiger partial charge on any atom is 1.00 e. The van der Waals surface area contributed by atoms with Gasteiger partial charge in [0, 0.05) is 44.0 Å². The molecule has 11 nitrogen and oxygen atoms in total. The van der Waals surface area contributed by atoms with Crippen LogP contribution in [0.25, 0.3) is 0 Å². The Hall–Kier alpha value is -0.747. The van der Waals surface area contributed by atoms with Gasteiger partial charge in [-0.05, 0) is 63.3 Å². The topological polar surface area (TPSA) is 148 Å². The Labute approximate surface area is 288 Å². The van der Waals surface area contributed by atoms with E-state index < -0.39 is 16.7 Å². The van der Waals surface area contributed by atoms with Crippen molar-refractivity contribution in [1.82, 2.24) is 4.90 Å². The monoisotopic (exact) mass is 537 g/mol. The molecule has 2 aromatic rings. The molecule has 0 spiro atoms. The molecular formula is C22H25K2N3O8. The van der Waals surface area contributed by atoms with Gasteiger partial charge in [0.2, 0.25) is 0 Å². The Morgan fingerprint density at radius 1 is 0.857 bits per heavy atom. The van der Waals surface area contributed by atoms with Crippen molar-refractivity contribution >= 4 is 23.6 Å². The summed E-state index contributed by atoms with van der Waals surface area (Å²) in [7, 11) is 0. The van der Waals surface area contributed by atoms with Gasteiger partial charge in [0.05, 0.1) is 4.92 Å². The molecule has 0 aliphatic carbocycles. The molecular weight excluding hydrogens is 512 g/mol. The number of hydrogen-bond donors (Lipinski definition) is 0. The molecule has 0 atom stereocenters. The van der Waals surface area contributed by atoms with Gasteiger partial charge in [0.1, 0.15) is 17.1 Å². The smallest absolute Gasteiger partial charge is 0.652 e. The van der Waals surface area contributed by atoms with Crippen LogP contribution in [-0.2, 0) is 4.74 Å². The maximum absolute atomic E-state index is 12.2. The van der Waals surface area contributed by atoms with E-state index in [-0.39, 0.29) is 115 Å². The van der Waals surface area contributed by atoms with E-state index in [2.05, 4.69) is 4.90 Å². The fourth-order valence-electron chi connectivity index (χ4n) is 2.97. The van der Waals surface area contributed by atoms with Crippen molar-refractivity contribution in [3.8, 4) is 11.5 Å². The van der Waals surface area contributed by atoms with Gasteiger partial charge in [-0.15, -0.1) is 0 Å². The van der Waals surface area contributed by atoms with Crippen LogP contribution in [0.3, 0.4) is 0 Å². The summed E-state index contributed by atoms with van der Waals surface area (Å²) in [6.45, 7) is 8.25. The van der Waals surface area contributed by atoms with Crippen molar-refractivity contribution < 1.29 is 137 Å². The van der Waals surface area contributed by atoms with Gasteiger partial charge in [0.25, 0.3) is 5.69 Å². The molecule has 0 aromatic heterocycles. The number of carbonyl (C=O) groups excluding carboxylic acids is 2. The number of nitro benzene ring substituents is 1. The van der Waals surface area contributed by atoms with Gasteiger partial charge in [0.15, 0.2) is 0 Å². The first kappa shape index (κ1) is 34.3. The number of carboxylic acid groups (broad SMARTS) is 2. The van der Waals surface area contributed by atoms with E-state index in [0.717, 1.165) is 18.8 Å². The number of benzene rings is 2. The van der Waals surface area contributed by atoms with Crippen molar-refractivity contribution in [2.45, 2.75) is 26.4 Å². The standard InChI is InChI=1S/C21H25N3O5.CH2O3.2K/c1-21(2,3)29-20(25)23-14-12-22(13-15-23)16-4-8-18(9-5-16)28-19-10-6-17(7-11-19)24(26)27;2-1(3)4;;/h4-11H,12-15H2,1-3H3;(H2,2,3,4);;/q;;2*+1/p-2. The van der Waals surface area contributed by atoms with E-state index in [9.17, 15) is 14.9 Å². The van der Waals surface area contributed by atoms with Gasteiger partial charge < -0.3 is 34.3 Å². The van der Waals surface area contributed by atoms with Gasteiger partial charge in [-0.1, -0.05) is 0 Å². The van der Waals surface area contributed by atoms with Gasteiger partial charge in [-0.2, -0.15) is 0 Å². The maximum atomic E-state index is 12.2. The van der Waals surface area contributed by atoms with Crippen LogP contribution in [0.1, 0.15) is 20.8 Å². The third-order valence-electron chi connectivity index (χ3n) is 4.42. The average molecular weight is 538 g/mol. The number of non-ortho nitro benzene ring substituents is 1. The summed E-state index contributed by atoms with van der Waals surface area (Å²) in [6.07, 6.45) is -2.61.